The molecule has 0 aliphatic carbocycles. The Morgan fingerprint density at radius 2 is 2.08 bits per heavy atom. The second kappa shape index (κ2) is 6.48. The van der Waals surface area contributed by atoms with Crippen LogP contribution in [-0.4, -0.2) is 40.2 Å². The summed E-state index contributed by atoms with van der Waals surface area (Å²) in [6, 6.07) is 8.51. The molecular weight excluding hydrogens is 344 g/mol. The zero-order valence-electron chi connectivity index (χ0n) is 13.6. The Bertz CT molecular complexity index is 1040. The number of amides is 1. The number of carbonyl (C=O) groups excluding carboxylic acids is 1. The Morgan fingerprint density at radius 1 is 1.28 bits per heavy atom. The number of hydrogen-bond donors (Lipinski definition) is 2. The van der Waals surface area contributed by atoms with Gasteiger partial charge in [0.25, 0.3) is 11.7 Å². The van der Waals surface area contributed by atoms with E-state index in [1.165, 1.54) is 4.52 Å². The van der Waals surface area contributed by atoms with Gasteiger partial charge in [-0.3, -0.25) is 9.52 Å². The van der Waals surface area contributed by atoms with Crippen LogP contribution in [0.4, 0.5) is 5.69 Å². The molecule has 1 amide bonds. The first-order valence-corrected chi connectivity index (χ1v) is 9.24. The fourth-order valence-corrected chi connectivity index (χ4v) is 2.78. The van der Waals surface area contributed by atoms with E-state index < -0.39 is 15.9 Å². The lowest BCUT2D eigenvalue weighted by molar-refractivity contribution is 0.0940. The molecule has 25 heavy (non-hydrogen) atoms. The first-order chi connectivity index (χ1) is 11.8. The molecule has 0 unspecified atom stereocenters. The van der Waals surface area contributed by atoms with Gasteiger partial charge in [-0.05, 0) is 30.7 Å². The normalized spacial score (nSPS) is 11.4. The summed E-state index contributed by atoms with van der Waals surface area (Å²) < 4.78 is 26.4. The Labute approximate surface area is 144 Å². The van der Waals surface area contributed by atoms with Crippen LogP contribution in [0.15, 0.2) is 36.5 Å². The monoisotopic (exact) mass is 360 g/mol. The van der Waals surface area contributed by atoms with Crippen LogP contribution in [0.1, 0.15) is 21.9 Å². The summed E-state index contributed by atoms with van der Waals surface area (Å²) in [5, 5.41) is 6.83. The van der Waals surface area contributed by atoms with Gasteiger partial charge in [0.2, 0.25) is 15.8 Å². The van der Waals surface area contributed by atoms with Gasteiger partial charge in [0.05, 0.1) is 6.26 Å². The zero-order valence-corrected chi connectivity index (χ0v) is 14.4. The summed E-state index contributed by atoms with van der Waals surface area (Å²) in [6.07, 6.45) is 2.67. The number of nitrogens with one attached hydrogen (secondary N) is 2. The molecule has 0 saturated heterocycles. The summed E-state index contributed by atoms with van der Waals surface area (Å²) in [5.41, 5.74) is 1.98. The molecule has 0 aliphatic heterocycles. The maximum atomic E-state index is 12.2. The van der Waals surface area contributed by atoms with Crippen molar-refractivity contribution < 1.29 is 13.2 Å². The van der Waals surface area contributed by atoms with E-state index in [0.29, 0.717) is 11.5 Å². The average molecular weight is 360 g/mol. The van der Waals surface area contributed by atoms with E-state index >= 15 is 0 Å². The Hall–Kier alpha value is -3.01. The van der Waals surface area contributed by atoms with Gasteiger partial charge in [-0.1, -0.05) is 12.1 Å². The first-order valence-electron chi connectivity index (χ1n) is 7.35. The van der Waals surface area contributed by atoms with Gasteiger partial charge in [0.1, 0.15) is 0 Å². The Balaban J connectivity index is 1.71. The minimum absolute atomic E-state index is 0.0206. The van der Waals surface area contributed by atoms with E-state index in [1.54, 1.807) is 36.5 Å². The number of sulfonamides is 1. The fourth-order valence-electron chi connectivity index (χ4n) is 2.22. The van der Waals surface area contributed by atoms with Crippen molar-refractivity contribution in [3.63, 3.8) is 0 Å². The summed E-state index contributed by atoms with van der Waals surface area (Å²) >= 11 is 0. The lowest BCUT2D eigenvalue weighted by Crippen LogP contribution is -2.24. The van der Waals surface area contributed by atoms with Crippen LogP contribution in [0.3, 0.4) is 0 Å². The van der Waals surface area contributed by atoms with Crippen LogP contribution in [0.25, 0.3) is 5.78 Å². The van der Waals surface area contributed by atoms with E-state index in [9.17, 15) is 13.2 Å². The number of rotatable bonds is 5. The minimum Gasteiger partial charge on any atom is -0.345 e. The average Bonchev–Trinajstić information content (AvgIpc) is 2.97. The van der Waals surface area contributed by atoms with Crippen LogP contribution in [-0.2, 0) is 16.6 Å². The van der Waals surface area contributed by atoms with Crippen LogP contribution >= 0.6 is 0 Å². The predicted octanol–water partition coefficient (Wildman–Crippen LogP) is 0.734. The van der Waals surface area contributed by atoms with Gasteiger partial charge in [-0.25, -0.2) is 17.9 Å². The van der Waals surface area contributed by atoms with Crippen LogP contribution < -0.4 is 10.0 Å². The van der Waals surface area contributed by atoms with Crippen molar-refractivity contribution >= 4 is 27.4 Å². The van der Waals surface area contributed by atoms with Gasteiger partial charge >= 0.3 is 0 Å². The van der Waals surface area contributed by atoms with Crippen LogP contribution in [0.2, 0.25) is 0 Å². The number of carbonyl (C=O) groups is 1. The predicted molar refractivity (Wildman–Crippen MR) is 91.6 cm³/mol. The number of aromatic nitrogens is 4. The number of anilines is 1. The van der Waals surface area contributed by atoms with Crippen molar-refractivity contribution in [2.75, 3.05) is 11.0 Å². The molecule has 9 nitrogen and oxygen atoms in total. The molecule has 130 valence electrons. The molecule has 0 radical (unpaired) electrons. The van der Waals surface area contributed by atoms with Crippen molar-refractivity contribution in [3.05, 3.63) is 53.6 Å². The van der Waals surface area contributed by atoms with Gasteiger partial charge in [0.15, 0.2) is 0 Å². The number of nitrogens with zero attached hydrogens (tertiary/aromatic N) is 4. The highest BCUT2D eigenvalue weighted by molar-refractivity contribution is 7.92. The third-order valence-electron chi connectivity index (χ3n) is 3.32. The third-order valence-corrected chi connectivity index (χ3v) is 3.92. The molecule has 3 rings (SSSR count). The highest BCUT2D eigenvalue weighted by Gasteiger charge is 2.14. The lowest BCUT2D eigenvalue weighted by Gasteiger charge is -2.07. The zero-order chi connectivity index (χ0) is 18.0. The maximum absolute atomic E-state index is 12.2. The van der Waals surface area contributed by atoms with Crippen molar-refractivity contribution in [1.82, 2.24) is 24.9 Å². The van der Waals surface area contributed by atoms with Crippen molar-refractivity contribution in [3.8, 4) is 0 Å². The van der Waals surface area contributed by atoms with Crippen molar-refractivity contribution in [2.24, 2.45) is 0 Å². The fraction of sp³-hybridized carbons (Fsp3) is 0.200. The quantitative estimate of drug-likeness (QED) is 0.693. The number of benzene rings is 1. The number of aryl methyl sites for hydroxylation is 1. The van der Waals surface area contributed by atoms with Crippen LogP contribution in [0, 0.1) is 6.92 Å². The van der Waals surface area contributed by atoms with Gasteiger partial charge in [-0.15, -0.1) is 5.10 Å². The molecule has 0 bridgehead atoms. The molecule has 0 spiro atoms. The molecule has 0 saturated carbocycles. The number of fused-ring (bicyclic) bond motifs is 1. The van der Waals surface area contributed by atoms with Crippen molar-refractivity contribution in [1.29, 1.82) is 0 Å². The molecule has 10 heteroatoms. The second-order valence-corrected chi connectivity index (χ2v) is 7.24. The largest absolute Gasteiger partial charge is 0.345 e. The molecule has 0 atom stereocenters. The van der Waals surface area contributed by atoms with E-state index in [1.807, 2.05) is 6.92 Å². The first kappa shape index (κ1) is 16.8. The highest BCUT2D eigenvalue weighted by Crippen LogP contribution is 2.12. The summed E-state index contributed by atoms with van der Waals surface area (Å²) in [6.45, 7) is 2.05. The lowest BCUT2D eigenvalue weighted by atomic mass is 10.2. The second-order valence-electron chi connectivity index (χ2n) is 5.49. The molecule has 2 heterocycles. The summed E-state index contributed by atoms with van der Waals surface area (Å²) in [4.78, 5) is 20.4. The Kier molecular flexibility index (Phi) is 4.36. The molecule has 1 aromatic carbocycles. The summed E-state index contributed by atoms with van der Waals surface area (Å²) in [7, 11) is -3.35. The summed E-state index contributed by atoms with van der Waals surface area (Å²) in [5.74, 6) is -0.0666. The molecular formula is C15H16N6O3S. The van der Waals surface area contributed by atoms with Crippen LogP contribution in [0.5, 0.6) is 0 Å². The van der Waals surface area contributed by atoms with Gasteiger partial charge < -0.3 is 5.32 Å². The SMILES string of the molecule is Cc1ccnc2nc(C(=O)NCc3cccc(NS(C)(=O)=O)c3)nn12. The molecule has 3 aromatic rings. The minimum atomic E-state index is -3.35. The van der Waals surface area contributed by atoms with Crippen molar-refractivity contribution in [2.45, 2.75) is 13.5 Å². The van der Waals surface area contributed by atoms with Gasteiger partial charge in [-0.2, -0.15) is 4.98 Å². The number of hydrogen-bond acceptors (Lipinski definition) is 6. The smallest absolute Gasteiger partial charge is 0.291 e. The highest BCUT2D eigenvalue weighted by atomic mass is 32.2. The van der Waals surface area contributed by atoms with E-state index in [4.69, 9.17) is 0 Å². The van der Waals surface area contributed by atoms with E-state index in [-0.39, 0.29) is 12.4 Å². The molecule has 0 fully saturated rings. The maximum Gasteiger partial charge on any atom is 0.291 e. The third kappa shape index (κ3) is 4.10. The molecule has 2 N–H and O–H groups in total. The van der Waals surface area contributed by atoms with E-state index in [0.717, 1.165) is 17.5 Å². The van der Waals surface area contributed by atoms with Gasteiger partial charge in [0, 0.05) is 24.1 Å². The molecule has 0 aliphatic rings. The standard InChI is InChI=1S/C15H16N6O3S/c1-10-6-7-16-15-18-13(19-21(10)15)14(22)17-9-11-4-3-5-12(8-11)20-25(2,23)24/h3-8,20H,9H2,1-2H3,(H,17,22). The Morgan fingerprint density at radius 3 is 2.80 bits per heavy atom. The van der Waals surface area contributed by atoms with E-state index in [2.05, 4.69) is 25.1 Å². The topological polar surface area (TPSA) is 118 Å². The molecule has 2 aromatic heterocycles.